The normalized spacial score (nSPS) is 17.9. The highest BCUT2D eigenvalue weighted by Gasteiger charge is 2.51. The molecule has 2 heteroatoms. The third kappa shape index (κ3) is 2.18. The van der Waals surface area contributed by atoms with Gasteiger partial charge in [-0.05, 0) is 44.9 Å². The first kappa shape index (κ1) is 13.4. The smallest absolute Gasteiger partial charge is 0.105 e. The molecule has 1 heterocycles. The van der Waals surface area contributed by atoms with Gasteiger partial charge in [-0.15, -0.1) is 0 Å². The maximum absolute atomic E-state index is 5.76. The lowest BCUT2D eigenvalue weighted by molar-refractivity contribution is 0.425. The zero-order valence-corrected chi connectivity index (χ0v) is 12.6. The SMILES string of the molecule is CCNC(c1cc(C)oc1C)C1(c2ccccc2)CC1. The molecule has 1 atom stereocenters. The highest BCUT2D eigenvalue weighted by atomic mass is 16.3. The molecule has 0 radical (unpaired) electrons. The summed E-state index contributed by atoms with van der Waals surface area (Å²) in [6.45, 7) is 7.26. The Morgan fingerprint density at radius 3 is 2.40 bits per heavy atom. The quantitative estimate of drug-likeness (QED) is 0.876. The van der Waals surface area contributed by atoms with Crippen molar-refractivity contribution in [2.45, 2.75) is 45.1 Å². The zero-order chi connectivity index (χ0) is 14.2. The van der Waals surface area contributed by atoms with E-state index in [1.54, 1.807) is 0 Å². The molecule has 0 bridgehead atoms. The second-order valence-corrected chi connectivity index (χ2v) is 5.88. The van der Waals surface area contributed by atoms with Crippen molar-refractivity contribution in [1.29, 1.82) is 0 Å². The van der Waals surface area contributed by atoms with Crippen molar-refractivity contribution in [3.63, 3.8) is 0 Å². The second kappa shape index (κ2) is 5.10. The lowest BCUT2D eigenvalue weighted by atomic mass is 9.84. The predicted octanol–water partition coefficient (Wildman–Crippen LogP) is 4.28. The minimum atomic E-state index is 0.248. The third-order valence-electron chi connectivity index (χ3n) is 4.49. The van der Waals surface area contributed by atoms with Crippen LogP contribution in [-0.2, 0) is 5.41 Å². The van der Waals surface area contributed by atoms with Crippen molar-refractivity contribution in [2.24, 2.45) is 0 Å². The fourth-order valence-electron chi connectivity index (χ4n) is 3.39. The van der Waals surface area contributed by atoms with Crippen LogP contribution in [0.5, 0.6) is 0 Å². The van der Waals surface area contributed by atoms with Crippen LogP contribution >= 0.6 is 0 Å². The monoisotopic (exact) mass is 269 g/mol. The molecule has 1 fully saturated rings. The number of hydrogen-bond acceptors (Lipinski definition) is 2. The Labute approximate surface area is 121 Å². The van der Waals surface area contributed by atoms with Gasteiger partial charge in [0.1, 0.15) is 11.5 Å². The van der Waals surface area contributed by atoms with Crippen molar-refractivity contribution in [1.82, 2.24) is 5.32 Å². The highest BCUT2D eigenvalue weighted by Crippen LogP contribution is 2.57. The van der Waals surface area contributed by atoms with Crippen molar-refractivity contribution in [2.75, 3.05) is 6.54 Å². The Morgan fingerprint density at radius 2 is 1.90 bits per heavy atom. The third-order valence-corrected chi connectivity index (χ3v) is 4.49. The summed E-state index contributed by atoms with van der Waals surface area (Å²) in [6.07, 6.45) is 2.50. The maximum atomic E-state index is 5.76. The van der Waals surface area contributed by atoms with E-state index in [0.29, 0.717) is 6.04 Å². The molecule has 2 nitrogen and oxygen atoms in total. The molecular weight excluding hydrogens is 246 g/mol. The first-order chi connectivity index (χ1) is 9.67. The van der Waals surface area contributed by atoms with Crippen LogP contribution in [0, 0.1) is 13.8 Å². The maximum Gasteiger partial charge on any atom is 0.105 e. The first-order valence-electron chi connectivity index (χ1n) is 7.53. The van der Waals surface area contributed by atoms with Gasteiger partial charge in [0.15, 0.2) is 0 Å². The molecule has 1 N–H and O–H groups in total. The molecule has 0 aliphatic heterocycles. The number of aryl methyl sites for hydroxylation is 2. The van der Waals surface area contributed by atoms with E-state index >= 15 is 0 Å². The van der Waals surface area contributed by atoms with Gasteiger partial charge in [0.25, 0.3) is 0 Å². The predicted molar refractivity (Wildman–Crippen MR) is 82.0 cm³/mol. The highest BCUT2D eigenvalue weighted by molar-refractivity contribution is 5.39. The molecule has 1 aliphatic carbocycles. The van der Waals surface area contributed by atoms with Gasteiger partial charge in [-0.1, -0.05) is 37.3 Å². The molecule has 1 aromatic carbocycles. The van der Waals surface area contributed by atoms with Gasteiger partial charge in [-0.3, -0.25) is 0 Å². The van der Waals surface area contributed by atoms with E-state index in [9.17, 15) is 0 Å². The summed E-state index contributed by atoms with van der Waals surface area (Å²) in [6, 6.07) is 13.5. The average Bonchev–Trinajstić information content (AvgIpc) is 3.18. The van der Waals surface area contributed by atoms with Crippen LogP contribution in [-0.4, -0.2) is 6.54 Å². The van der Waals surface area contributed by atoms with E-state index in [1.807, 2.05) is 6.92 Å². The van der Waals surface area contributed by atoms with E-state index in [-0.39, 0.29) is 5.41 Å². The first-order valence-corrected chi connectivity index (χ1v) is 7.53. The van der Waals surface area contributed by atoms with Crippen LogP contribution < -0.4 is 5.32 Å². The summed E-state index contributed by atoms with van der Waals surface area (Å²) < 4.78 is 5.76. The van der Waals surface area contributed by atoms with Crippen LogP contribution in [0.2, 0.25) is 0 Å². The van der Waals surface area contributed by atoms with E-state index in [1.165, 1.54) is 24.0 Å². The molecule has 3 rings (SSSR count). The van der Waals surface area contributed by atoms with Gasteiger partial charge in [0.2, 0.25) is 0 Å². The molecule has 2 aromatic rings. The number of likely N-dealkylation sites (N-methyl/N-ethyl adjacent to an activating group) is 1. The summed E-state index contributed by atoms with van der Waals surface area (Å²) in [5.74, 6) is 2.06. The van der Waals surface area contributed by atoms with Crippen LogP contribution in [0.15, 0.2) is 40.8 Å². The fourth-order valence-corrected chi connectivity index (χ4v) is 3.39. The Hall–Kier alpha value is -1.54. The molecule has 1 aliphatic rings. The minimum absolute atomic E-state index is 0.248. The molecule has 1 saturated carbocycles. The zero-order valence-electron chi connectivity index (χ0n) is 12.6. The summed E-state index contributed by atoms with van der Waals surface area (Å²) >= 11 is 0. The standard InChI is InChI=1S/C18H23NO/c1-4-19-17(16-12-13(2)20-14(16)3)18(10-11-18)15-8-6-5-7-9-15/h5-9,12,17,19H,4,10-11H2,1-3H3. The molecule has 20 heavy (non-hydrogen) atoms. The van der Waals surface area contributed by atoms with Gasteiger partial charge < -0.3 is 9.73 Å². The van der Waals surface area contributed by atoms with Crippen molar-refractivity contribution >= 4 is 0 Å². The van der Waals surface area contributed by atoms with Crippen LogP contribution in [0.4, 0.5) is 0 Å². The largest absolute Gasteiger partial charge is 0.466 e. The van der Waals surface area contributed by atoms with Crippen LogP contribution in [0.1, 0.15) is 48.5 Å². The van der Waals surface area contributed by atoms with Crippen LogP contribution in [0.25, 0.3) is 0 Å². The average molecular weight is 269 g/mol. The second-order valence-electron chi connectivity index (χ2n) is 5.88. The summed E-state index contributed by atoms with van der Waals surface area (Å²) in [4.78, 5) is 0. The number of rotatable bonds is 5. The topological polar surface area (TPSA) is 25.2 Å². The Bertz CT molecular complexity index is 581. The van der Waals surface area contributed by atoms with Gasteiger partial charge in [-0.25, -0.2) is 0 Å². The number of furan rings is 1. The van der Waals surface area contributed by atoms with Gasteiger partial charge in [0, 0.05) is 17.0 Å². The Morgan fingerprint density at radius 1 is 1.20 bits per heavy atom. The number of nitrogens with one attached hydrogen (secondary N) is 1. The molecule has 1 unspecified atom stereocenters. The summed E-state index contributed by atoms with van der Waals surface area (Å²) in [5, 5.41) is 3.69. The molecule has 0 amide bonds. The minimum Gasteiger partial charge on any atom is -0.466 e. The molecule has 0 saturated heterocycles. The van der Waals surface area contributed by atoms with Crippen molar-refractivity contribution < 1.29 is 4.42 Å². The summed E-state index contributed by atoms with van der Waals surface area (Å²) in [5.41, 5.74) is 3.02. The van der Waals surface area contributed by atoms with Crippen molar-refractivity contribution in [3.8, 4) is 0 Å². The van der Waals surface area contributed by atoms with E-state index in [2.05, 4.69) is 55.6 Å². The number of benzene rings is 1. The fraction of sp³-hybridized carbons (Fsp3) is 0.444. The van der Waals surface area contributed by atoms with E-state index < -0.39 is 0 Å². The molecular formula is C18H23NO. The van der Waals surface area contributed by atoms with Gasteiger partial charge >= 0.3 is 0 Å². The Balaban J connectivity index is 2.01. The lowest BCUT2D eigenvalue weighted by Gasteiger charge is -2.28. The lowest BCUT2D eigenvalue weighted by Crippen LogP contribution is -2.32. The molecule has 106 valence electrons. The van der Waals surface area contributed by atoms with Crippen molar-refractivity contribution in [3.05, 3.63) is 59.0 Å². The molecule has 0 spiro atoms. The number of hydrogen-bond donors (Lipinski definition) is 1. The van der Waals surface area contributed by atoms with Crippen LogP contribution in [0.3, 0.4) is 0 Å². The van der Waals surface area contributed by atoms with Gasteiger partial charge in [0.05, 0.1) is 0 Å². The summed E-state index contributed by atoms with van der Waals surface area (Å²) in [7, 11) is 0. The van der Waals surface area contributed by atoms with E-state index in [4.69, 9.17) is 4.42 Å². The Kier molecular flexibility index (Phi) is 3.43. The van der Waals surface area contributed by atoms with E-state index in [0.717, 1.165) is 18.1 Å². The van der Waals surface area contributed by atoms with Gasteiger partial charge in [-0.2, -0.15) is 0 Å². The molecule has 1 aromatic heterocycles.